The second-order valence-corrected chi connectivity index (χ2v) is 2.80. The number of hydrogen-bond acceptors (Lipinski definition) is 2. The van der Waals surface area contributed by atoms with Gasteiger partial charge in [-0.25, -0.2) is 4.39 Å². The SMILES string of the molecule is CCc1cc(CNOC)ccc1F. The molecule has 0 saturated carbocycles. The zero-order valence-electron chi connectivity index (χ0n) is 7.93. The van der Waals surface area contributed by atoms with Crippen LogP contribution < -0.4 is 5.48 Å². The number of hydroxylamine groups is 1. The van der Waals surface area contributed by atoms with Crippen molar-refractivity contribution in [3.8, 4) is 0 Å². The fourth-order valence-corrected chi connectivity index (χ4v) is 1.16. The van der Waals surface area contributed by atoms with Crippen molar-refractivity contribution in [2.45, 2.75) is 19.9 Å². The number of benzene rings is 1. The molecule has 2 nitrogen and oxygen atoms in total. The van der Waals surface area contributed by atoms with Gasteiger partial charge in [0.25, 0.3) is 0 Å². The van der Waals surface area contributed by atoms with Crippen molar-refractivity contribution in [2.75, 3.05) is 7.11 Å². The lowest BCUT2D eigenvalue weighted by molar-refractivity contribution is 0.0867. The maximum atomic E-state index is 13.0. The van der Waals surface area contributed by atoms with Crippen LogP contribution in [0.4, 0.5) is 4.39 Å². The van der Waals surface area contributed by atoms with E-state index in [1.54, 1.807) is 13.2 Å². The van der Waals surface area contributed by atoms with Crippen LogP contribution in [0, 0.1) is 5.82 Å². The Bertz CT molecular complexity index is 276. The van der Waals surface area contributed by atoms with Gasteiger partial charge in [-0.1, -0.05) is 19.1 Å². The summed E-state index contributed by atoms with van der Waals surface area (Å²) in [6.45, 7) is 2.54. The smallest absolute Gasteiger partial charge is 0.126 e. The Morgan fingerprint density at radius 1 is 1.46 bits per heavy atom. The van der Waals surface area contributed by atoms with E-state index in [9.17, 15) is 4.39 Å². The van der Waals surface area contributed by atoms with E-state index in [-0.39, 0.29) is 5.82 Å². The predicted octanol–water partition coefficient (Wildman–Crippen LogP) is 2.04. The molecule has 1 aromatic carbocycles. The number of rotatable bonds is 4. The van der Waals surface area contributed by atoms with Crippen LogP contribution in [0.3, 0.4) is 0 Å². The van der Waals surface area contributed by atoms with Gasteiger partial charge in [-0.05, 0) is 23.6 Å². The van der Waals surface area contributed by atoms with Crippen LogP contribution >= 0.6 is 0 Å². The van der Waals surface area contributed by atoms with E-state index in [1.807, 2.05) is 13.0 Å². The van der Waals surface area contributed by atoms with Crippen molar-refractivity contribution >= 4 is 0 Å². The molecule has 1 aromatic rings. The topological polar surface area (TPSA) is 21.3 Å². The van der Waals surface area contributed by atoms with Crippen molar-refractivity contribution in [1.29, 1.82) is 0 Å². The Morgan fingerprint density at radius 3 is 2.85 bits per heavy atom. The van der Waals surface area contributed by atoms with E-state index in [2.05, 4.69) is 5.48 Å². The fraction of sp³-hybridized carbons (Fsp3) is 0.400. The van der Waals surface area contributed by atoms with Crippen LogP contribution in [0.1, 0.15) is 18.1 Å². The summed E-state index contributed by atoms with van der Waals surface area (Å²) in [5, 5.41) is 0. The maximum absolute atomic E-state index is 13.0. The van der Waals surface area contributed by atoms with Crippen LogP contribution in [0.2, 0.25) is 0 Å². The average molecular weight is 183 g/mol. The molecule has 0 fully saturated rings. The summed E-state index contributed by atoms with van der Waals surface area (Å²) < 4.78 is 13.0. The summed E-state index contributed by atoms with van der Waals surface area (Å²) in [6.07, 6.45) is 0.715. The first-order chi connectivity index (χ1) is 6.27. The molecule has 0 bridgehead atoms. The second-order valence-electron chi connectivity index (χ2n) is 2.80. The first-order valence-corrected chi connectivity index (χ1v) is 4.31. The van der Waals surface area contributed by atoms with Gasteiger partial charge in [-0.3, -0.25) is 0 Å². The zero-order chi connectivity index (χ0) is 9.68. The zero-order valence-corrected chi connectivity index (χ0v) is 7.93. The molecule has 0 aliphatic carbocycles. The fourth-order valence-electron chi connectivity index (χ4n) is 1.16. The van der Waals surface area contributed by atoms with Gasteiger partial charge in [-0.15, -0.1) is 0 Å². The number of nitrogens with one attached hydrogen (secondary N) is 1. The molecule has 0 aromatic heterocycles. The monoisotopic (exact) mass is 183 g/mol. The molecule has 0 amide bonds. The lowest BCUT2D eigenvalue weighted by Crippen LogP contribution is -2.11. The van der Waals surface area contributed by atoms with Crippen LogP contribution in [0.15, 0.2) is 18.2 Å². The van der Waals surface area contributed by atoms with E-state index in [4.69, 9.17) is 4.84 Å². The molecule has 72 valence electrons. The van der Waals surface area contributed by atoms with Crippen molar-refractivity contribution in [2.24, 2.45) is 0 Å². The molecule has 0 radical (unpaired) electrons. The van der Waals surface area contributed by atoms with E-state index >= 15 is 0 Å². The van der Waals surface area contributed by atoms with Gasteiger partial charge in [0.15, 0.2) is 0 Å². The van der Waals surface area contributed by atoms with E-state index in [1.165, 1.54) is 6.07 Å². The summed E-state index contributed by atoms with van der Waals surface area (Å²) in [4.78, 5) is 4.71. The predicted molar refractivity (Wildman–Crippen MR) is 49.6 cm³/mol. The first-order valence-electron chi connectivity index (χ1n) is 4.31. The number of aryl methyl sites for hydroxylation is 1. The molecule has 0 spiro atoms. The minimum absolute atomic E-state index is 0.135. The van der Waals surface area contributed by atoms with Crippen LogP contribution in [0.5, 0.6) is 0 Å². The molecule has 0 heterocycles. The lowest BCUT2D eigenvalue weighted by Gasteiger charge is -2.05. The number of halogens is 1. The molecule has 1 rings (SSSR count). The summed E-state index contributed by atoms with van der Waals surface area (Å²) >= 11 is 0. The van der Waals surface area contributed by atoms with Gasteiger partial charge in [0, 0.05) is 6.54 Å². The largest absolute Gasteiger partial charge is 0.305 e. The summed E-state index contributed by atoms with van der Waals surface area (Å²) in [7, 11) is 1.56. The van der Waals surface area contributed by atoms with Gasteiger partial charge in [0.2, 0.25) is 0 Å². The van der Waals surface area contributed by atoms with Crippen molar-refractivity contribution in [3.63, 3.8) is 0 Å². The molecular formula is C10H14FNO. The van der Waals surface area contributed by atoms with Crippen LogP contribution in [-0.2, 0) is 17.8 Å². The molecule has 13 heavy (non-hydrogen) atoms. The highest BCUT2D eigenvalue weighted by atomic mass is 19.1. The van der Waals surface area contributed by atoms with E-state index < -0.39 is 0 Å². The van der Waals surface area contributed by atoms with Crippen LogP contribution in [-0.4, -0.2) is 7.11 Å². The molecule has 0 aliphatic heterocycles. The van der Waals surface area contributed by atoms with Crippen molar-refractivity contribution in [1.82, 2.24) is 5.48 Å². The Labute approximate surface area is 77.7 Å². The van der Waals surface area contributed by atoms with Gasteiger partial charge in [0.05, 0.1) is 7.11 Å². The Hall–Kier alpha value is -0.930. The normalized spacial score (nSPS) is 10.4. The molecule has 0 aliphatic rings. The van der Waals surface area contributed by atoms with Gasteiger partial charge in [-0.2, -0.15) is 5.48 Å². The minimum Gasteiger partial charge on any atom is -0.305 e. The van der Waals surface area contributed by atoms with E-state index in [0.29, 0.717) is 13.0 Å². The standard InChI is InChI=1S/C10H14FNO/c1-3-9-6-8(7-12-13-2)4-5-10(9)11/h4-6,12H,3,7H2,1-2H3. The van der Waals surface area contributed by atoms with Gasteiger partial charge >= 0.3 is 0 Å². The third kappa shape index (κ3) is 2.79. The average Bonchev–Trinajstić information content (AvgIpc) is 2.16. The van der Waals surface area contributed by atoms with Crippen molar-refractivity contribution in [3.05, 3.63) is 35.1 Å². The van der Waals surface area contributed by atoms with Crippen LogP contribution in [0.25, 0.3) is 0 Å². The Morgan fingerprint density at radius 2 is 2.23 bits per heavy atom. The molecule has 0 saturated heterocycles. The Balaban J connectivity index is 2.74. The maximum Gasteiger partial charge on any atom is 0.126 e. The molecular weight excluding hydrogens is 169 g/mol. The lowest BCUT2D eigenvalue weighted by atomic mass is 10.1. The quantitative estimate of drug-likeness (QED) is 0.721. The van der Waals surface area contributed by atoms with Crippen molar-refractivity contribution < 1.29 is 9.23 Å². The molecule has 1 N–H and O–H groups in total. The highest BCUT2D eigenvalue weighted by molar-refractivity contribution is 5.24. The van der Waals surface area contributed by atoms with Gasteiger partial charge in [0.1, 0.15) is 5.82 Å². The minimum atomic E-state index is -0.135. The molecule has 0 unspecified atom stereocenters. The third-order valence-electron chi connectivity index (χ3n) is 1.91. The first kappa shape index (κ1) is 10.2. The molecule has 0 atom stereocenters. The second kappa shape index (κ2) is 4.94. The summed E-state index contributed by atoms with van der Waals surface area (Å²) in [5.41, 5.74) is 4.49. The molecule has 3 heteroatoms. The highest BCUT2D eigenvalue weighted by Crippen LogP contribution is 2.10. The highest BCUT2D eigenvalue weighted by Gasteiger charge is 2.00. The summed E-state index contributed by atoms with van der Waals surface area (Å²) in [5.74, 6) is -0.135. The third-order valence-corrected chi connectivity index (χ3v) is 1.91. The summed E-state index contributed by atoms with van der Waals surface area (Å²) in [6, 6.07) is 5.09. The number of hydrogen-bond donors (Lipinski definition) is 1. The Kier molecular flexibility index (Phi) is 3.86. The van der Waals surface area contributed by atoms with Gasteiger partial charge < -0.3 is 4.84 Å². The van der Waals surface area contributed by atoms with E-state index in [0.717, 1.165) is 11.1 Å².